The minimum Gasteiger partial charge on any atom is -0.476 e. The second-order valence-corrected chi connectivity index (χ2v) is 5.24. The molecule has 2 rings (SSSR count). The summed E-state index contributed by atoms with van der Waals surface area (Å²) >= 11 is 0. The monoisotopic (exact) mass is 295 g/mol. The van der Waals surface area contributed by atoms with Crippen molar-refractivity contribution in [1.29, 1.82) is 0 Å². The highest BCUT2D eigenvalue weighted by atomic mass is 16.4. The first-order valence-electron chi connectivity index (χ1n) is 7.26. The Morgan fingerprint density at radius 3 is 2.71 bits per heavy atom. The van der Waals surface area contributed by atoms with Gasteiger partial charge in [-0.3, -0.25) is 0 Å². The van der Waals surface area contributed by atoms with Crippen molar-refractivity contribution < 1.29 is 14.7 Å². The second-order valence-electron chi connectivity index (χ2n) is 5.24. The van der Waals surface area contributed by atoms with Crippen LogP contribution in [0.15, 0.2) is 6.20 Å². The molecule has 2 amide bonds. The van der Waals surface area contributed by atoms with Gasteiger partial charge in [0.2, 0.25) is 0 Å². The fraction of sp³-hybridized carbons (Fsp3) is 0.692. The number of aromatic nitrogens is 3. The van der Waals surface area contributed by atoms with Crippen molar-refractivity contribution in [2.45, 2.75) is 32.7 Å². The van der Waals surface area contributed by atoms with Crippen LogP contribution in [-0.4, -0.2) is 56.6 Å². The molecule has 0 radical (unpaired) electrons. The van der Waals surface area contributed by atoms with E-state index < -0.39 is 5.97 Å². The van der Waals surface area contributed by atoms with Crippen LogP contribution in [-0.2, 0) is 6.54 Å². The van der Waals surface area contributed by atoms with Crippen LogP contribution in [0, 0.1) is 5.92 Å². The molecule has 2 N–H and O–H groups in total. The van der Waals surface area contributed by atoms with Gasteiger partial charge in [0.1, 0.15) is 0 Å². The number of hydrogen-bond donors (Lipinski definition) is 2. The van der Waals surface area contributed by atoms with Gasteiger partial charge in [0.25, 0.3) is 0 Å². The van der Waals surface area contributed by atoms with Crippen molar-refractivity contribution in [3.63, 3.8) is 0 Å². The lowest BCUT2D eigenvalue weighted by Crippen LogP contribution is -2.45. The number of urea groups is 1. The molecule has 1 aliphatic rings. The molecule has 1 aromatic rings. The smallest absolute Gasteiger partial charge is 0.358 e. The van der Waals surface area contributed by atoms with Gasteiger partial charge in [-0.15, -0.1) is 5.10 Å². The third kappa shape index (κ3) is 4.17. The number of nitrogens with one attached hydrogen (secondary N) is 1. The lowest BCUT2D eigenvalue weighted by molar-refractivity contribution is 0.0690. The van der Waals surface area contributed by atoms with Gasteiger partial charge in [0, 0.05) is 19.6 Å². The Kier molecular flexibility index (Phi) is 5.13. The Morgan fingerprint density at radius 1 is 1.43 bits per heavy atom. The predicted octanol–water partition coefficient (Wildman–Crippen LogP) is 0.808. The largest absolute Gasteiger partial charge is 0.476 e. The summed E-state index contributed by atoms with van der Waals surface area (Å²) in [6, 6.07) is -0.0665. The zero-order valence-corrected chi connectivity index (χ0v) is 12.2. The van der Waals surface area contributed by atoms with E-state index in [0.29, 0.717) is 13.1 Å². The molecular formula is C13H21N5O3. The summed E-state index contributed by atoms with van der Waals surface area (Å²) in [6.07, 6.45) is 4.65. The highest BCUT2D eigenvalue weighted by Gasteiger charge is 2.21. The maximum atomic E-state index is 12.0. The van der Waals surface area contributed by atoms with Crippen molar-refractivity contribution >= 4 is 12.0 Å². The number of carboxylic acids is 1. The number of piperidine rings is 1. The summed E-state index contributed by atoms with van der Waals surface area (Å²) in [5, 5.41) is 18.8. The highest BCUT2D eigenvalue weighted by Crippen LogP contribution is 2.19. The van der Waals surface area contributed by atoms with Gasteiger partial charge in [-0.2, -0.15) is 0 Å². The van der Waals surface area contributed by atoms with Crippen LogP contribution in [0.3, 0.4) is 0 Å². The number of likely N-dealkylation sites (tertiary alicyclic amines) is 1. The topological polar surface area (TPSA) is 100 Å². The molecule has 1 aliphatic heterocycles. The summed E-state index contributed by atoms with van der Waals surface area (Å²) in [4.78, 5) is 24.5. The fourth-order valence-corrected chi connectivity index (χ4v) is 2.44. The quantitative estimate of drug-likeness (QED) is 0.837. The molecule has 1 fully saturated rings. The van der Waals surface area contributed by atoms with E-state index in [0.717, 1.165) is 31.8 Å². The van der Waals surface area contributed by atoms with Crippen LogP contribution in [0.25, 0.3) is 0 Å². The molecule has 0 atom stereocenters. The molecule has 1 saturated heterocycles. The first kappa shape index (κ1) is 15.3. The van der Waals surface area contributed by atoms with E-state index in [-0.39, 0.29) is 11.7 Å². The SMILES string of the molecule is CCC1CCN(C(=O)NCCn2cc(C(=O)O)nn2)CC1. The van der Waals surface area contributed by atoms with E-state index in [4.69, 9.17) is 5.11 Å². The zero-order chi connectivity index (χ0) is 15.2. The minimum atomic E-state index is -1.11. The molecule has 116 valence electrons. The first-order valence-corrected chi connectivity index (χ1v) is 7.26. The predicted molar refractivity (Wildman–Crippen MR) is 75.0 cm³/mol. The molecule has 1 aromatic heterocycles. The molecule has 0 aliphatic carbocycles. The Bertz CT molecular complexity index is 494. The molecule has 21 heavy (non-hydrogen) atoms. The third-order valence-corrected chi connectivity index (χ3v) is 3.85. The summed E-state index contributed by atoms with van der Waals surface area (Å²) in [5.74, 6) is -0.372. The summed E-state index contributed by atoms with van der Waals surface area (Å²) < 4.78 is 1.41. The van der Waals surface area contributed by atoms with Crippen molar-refractivity contribution in [2.24, 2.45) is 5.92 Å². The molecular weight excluding hydrogens is 274 g/mol. The van der Waals surface area contributed by atoms with E-state index in [2.05, 4.69) is 22.6 Å². The maximum absolute atomic E-state index is 12.0. The number of aromatic carboxylic acids is 1. The van der Waals surface area contributed by atoms with E-state index >= 15 is 0 Å². The lowest BCUT2D eigenvalue weighted by atomic mass is 9.95. The van der Waals surface area contributed by atoms with Crippen molar-refractivity contribution in [2.75, 3.05) is 19.6 Å². The number of amides is 2. The molecule has 8 nitrogen and oxygen atoms in total. The van der Waals surface area contributed by atoms with E-state index in [1.807, 2.05) is 4.90 Å². The average Bonchev–Trinajstić information content (AvgIpc) is 2.96. The van der Waals surface area contributed by atoms with Gasteiger partial charge in [0.05, 0.1) is 12.7 Å². The lowest BCUT2D eigenvalue weighted by Gasteiger charge is -2.31. The summed E-state index contributed by atoms with van der Waals surface area (Å²) in [5.41, 5.74) is -0.0945. The number of carboxylic acid groups (broad SMARTS) is 1. The average molecular weight is 295 g/mol. The van der Waals surface area contributed by atoms with Crippen LogP contribution >= 0.6 is 0 Å². The number of carbonyl (C=O) groups is 2. The molecule has 2 heterocycles. The van der Waals surface area contributed by atoms with Crippen LogP contribution < -0.4 is 5.32 Å². The molecule has 0 saturated carbocycles. The van der Waals surface area contributed by atoms with E-state index in [1.54, 1.807) is 0 Å². The molecule has 0 spiro atoms. The Hall–Kier alpha value is -2.12. The summed E-state index contributed by atoms with van der Waals surface area (Å²) in [7, 11) is 0. The van der Waals surface area contributed by atoms with Crippen LogP contribution in [0.2, 0.25) is 0 Å². The maximum Gasteiger partial charge on any atom is 0.358 e. The van der Waals surface area contributed by atoms with Gasteiger partial charge in [-0.25, -0.2) is 14.3 Å². The number of carbonyl (C=O) groups excluding carboxylic acids is 1. The Morgan fingerprint density at radius 2 is 2.14 bits per heavy atom. The molecule has 0 unspecified atom stereocenters. The van der Waals surface area contributed by atoms with Gasteiger partial charge < -0.3 is 15.3 Å². The van der Waals surface area contributed by atoms with Crippen molar-refractivity contribution in [1.82, 2.24) is 25.2 Å². The molecule has 8 heteroatoms. The van der Waals surface area contributed by atoms with E-state index in [9.17, 15) is 9.59 Å². The van der Waals surface area contributed by atoms with Crippen molar-refractivity contribution in [3.05, 3.63) is 11.9 Å². The summed E-state index contributed by atoms with van der Waals surface area (Å²) in [6.45, 7) is 4.59. The third-order valence-electron chi connectivity index (χ3n) is 3.85. The van der Waals surface area contributed by atoms with Crippen LogP contribution in [0.4, 0.5) is 4.79 Å². The second kappa shape index (κ2) is 7.05. The van der Waals surface area contributed by atoms with Crippen LogP contribution in [0.1, 0.15) is 36.7 Å². The molecule has 0 aromatic carbocycles. The van der Waals surface area contributed by atoms with Gasteiger partial charge in [-0.05, 0) is 18.8 Å². The number of rotatable bonds is 5. The van der Waals surface area contributed by atoms with Gasteiger partial charge in [-0.1, -0.05) is 18.6 Å². The first-order chi connectivity index (χ1) is 10.1. The zero-order valence-electron chi connectivity index (χ0n) is 12.2. The number of hydrogen-bond acceptors (Lipinski definition) is 4. The van der Waals surface area contributed by atoms with Gasteiger partial charge in [0.15, 0.2) is 5.69 Å². The highest BCUT2D eigenvalue weighted by molar-refractivity contribution is 5.84. The Labute approximate surface area is 123 Å². The van der Waals surface area contributed by atoms with Crippen molar-refractivity contribution in [3.8, 4) is 0 Å². The van der Waals surface area contributed by atoms with E-state index in [1.165, 1.54) is 17.3 Å². The molecule has 0 bridgehead atoms. The Balaban J connectivity index is 1.70. The number of nitrogens with zero attached hydrogens (tertiary/aromatic N) is 4. The minimum absolute atomic E-state index is 0.0665. The van der Waals surface area contributed by atoms with Gasteiger partial charge >= 0.3 is 12.0 Å². The fourth-order valence-electron chi connectivity index (χ4n) is 2.44. The standard InChI is InChI=1S/C13H21N5O3/c1-2-10-3-6-17(7-4-10)13(21)14-5-8-18-9-11(12(19)20)15-16-18/h9-10H,2-8H2,1H3,(H,14,21)(H,19,20). The normalized spacial score (nSPS) is 16.0. The van der Waals surface area contributed by atoms with Crippen LogP contribution in [0.5, 0.6) is 0 Å².